The third-order valence-electron chi connectivity index (χ3n) is 13.2. The molecular weight excluding hydrogens is 959 g/mol. The Bertz CT molecular complexity index is 2460. The molecule has 13 heteroatoms. The Morgan fingerprint density at radius 3 is 1.66 bits per heavy atom. The van der Waals surface area contributed by atoms with Gasteiger partial charge in [-0.25, -0.2) is 9.59 Å². The highest BCUT2D eigenvalue weighted by atomic mass is 16.5. The van der Waals surface area contributed by atoms with Gasteiger partial charge in [-0.1, -0.05) is 83.4 Å². The van der Waals surface area contributed by atoms with Gasteiger partial charge in [-0.2, -0.15) is 15.5 Å². The number of nitrogens with zero attached hydrogens (tertiary/aromatic N) is 3. The molecule has 0 aromatic heterocycles. The van der Waals surface area contributed by atoms with Crippen LogP contribution in [0.15, 0.2) is 107 Å². The zero-order valence-corrected chi connectivity index (χ0v) is 46.2. The van der Waals surface area contributed by atoms with Gasteiger partial charge in [0.15, 0.2) is 0 Å². The van der Waals surface area contributed by atoms with Gasteiger partial charge in [0.1, 0.15) is 23.9 Å². The van der Waals surface area contributed by atoms with Crippen LogP contribution in [0.2, 0.25) is 0 Å². The van der Waals surface area contributed by atoms with E-state index in [-0.39, 0.29) is 25.0 Å². The van der Waals surface area contributed by atoms with Gasteiger partial charge in [0.2, 0.25) is 0 Å². The third kappa shape index (κ3) is 23.8. The lowest BCUT2D eigenvalue weighted by atomic mass is 9.72. The number of ether oxygens (including phenoxy) is 6. The number of unbranched alkanes of at least 4 members (excludes halogenated alkanes) is 12. The van der Waals surface area contributed by atoms with Crippen molar-refractivity contribution in [3.63, 3.8) is 0 Å². The van der Waals surface area contributed by atoms with Crippen molar-refractivity contribution in [2.45, 2.75) is 164 Å². The topological polar surface area (TPSA) is 172 Å². The first-order valence-corrected chi connectivity index (χ1v) is 27.6. The molecule has 410 valence electrons. The number of carbonyl (C=O) groups excluding carboxylic acids is 4. The fourth-order valence-electron chi connectivity index (χ4n) is 8.47. The summed E-state index contributed by atoms with van der Waals surface area (Å²) < 4.78 is 33.8. The zero-order chi connectivity index (χ0) is 54.9. The molecule has 0 heterocycles. The van der Waals surface area contributed by atoms with Crippen LogP contribution in [0.5, 0.6) is 17.2 Å². The minimum absolute atomic E-state index is 0.0469. The molecule has 0 spiro atoms. The van der Waals surface area contributed by atoms with Crippen LogP contribution in [0.3, 0.4) is 0 Å². The van der Waals surface area contributed by atoms with Gasteiger partial charge in [-0.15, -0.1) is 0 Å². The lowest BCUT2D eigenvalue weighted by molar-refractivity contribution is -0.163. The van der Waals surface area contributed by atoms with Crippen LogP contribution in [0.25, 0.3) is 6.08 Å². The molecule has 0 saturated heterocycles. The number of aryl methyl sites for hydroxylation is 2. The molecule has 13 nitrogen and oxygen atoms in total. The van der Waals surface area contributed by atoms with Crippen molar-refractivity contribution in [2.24, 2.45) is 21.1 Å². The molecule has 4 rings (SSSR count). The van der Waals surface area contributed by atoms with Gasteiger partial charge < -0.3 is 28.4 Å². The normalized spacial score (nSPS) is 12.2. The van der Waals surface area contributed by atoms with E-state index in [1.165, 1.54) is 30.9 Å². The Morgan fingerprint density at radius 2 is 1.12 bits per heavy atom. The average molecular weight is 1040 g/mol. The zero-order valence-electron chi connectivity index (χ0n) is 46.2. The summed E-state index contributed by atoms with van der Waals surface area (Å²) in [5.74, 6) is 0.333. The first-order chi connectivity index (χ1) is 36.7. The molecular formula is C63H83N3O10. The summed E-state index contributed by atoms with van der Waals surface area (Å²) in [5, 5.41) is 17.3. The van der Waals surface area contributed by atoms with Crippen LogP contribution in [0, 0.1) is 29.1 Å². The van der Waals surface area contributed by atoms with Crippen molar-refractivity contribution in [1.29, 1.82) is 5.26 Å². The van der Waals surface area contributed by atoms with Crippen molar-refractivity contribution < 1.29 is 47.6 Å². The van der Waals surface area contributed by atoms with E-state index in [4.69, 9.17) is 33.7 Å². The van der Waals surface area contributed by atoms with Crippen molar-refractivity contribution in [3.8, 4) is 23.3 Å². The molecule has 0 saturated carbocycles. The van der Waals surface area contributed by atoms with E-state index < -0.39 is 22.8 Å². The molecule has 0 aliphatic carbocycles. The largest absolute Gasteiger partial charge is 0.494 e. The summed E-state index contributed by atoms with van der Waals surface area (Å²) in [6, 6.07) is 29.9. The standard InChI is InChI=1S/C63H83N3O10/c1-7-9-18-24-50-25-31-53(32-26-50)65-66-54-33-37-56(38-34-54)72-43-20-16-17-22-45-75-61(70)63(6,8-2)48-62(4,5)60(69)74-44-21-15-13-11-10-12-14-19-42-71-55-35-29-52(30-36-55)59(68)76-57-39-27-51(47-49(57)3)28-40-58(67)73-46-23-41-64/h25-40,47H,7-24,42-46,48H2,1-6H3/b40-28+,66-65?. The van der Waals surface area contributed by atoms with Crippen molar-refractivity contribution >= 4 is 41.3 Å². The van der Waals surface area contributed by atoms with Gasteiger partial charge >= 0.3 is 23.9 Å². The summed E-state index contributed by atoms with van der Waals surface area (Å²) in [6.45, 7) is 13.5. The lowest BCUT2D eigenvalue weighted by Gasteiger charge is -2.33. The van der Waals surface area contributed by atoms with Gasteiger partial charge in [0, 0.05) is 6.08 Å². The number of esters is 4. The molecule has 0 bridgehead atoms. The van der Waals surface area contributed by atoms with Crippen molar-refractivity contribution in [2.75, 3.05) is 33.0 Å². The fourth-order valence-corrected chi connectivity index (χ4v) is 8.47. The molecule has 0 radical (unpaired) electrons. The summed E-state index contributed by atoms with van der Waals surface area (Å²) in [6.07, 6.45) is 20.5. The van der Waals surface area contributed by atoms with E-state index in [0.29, 0.717) is 56.3 Å². The number of hydrogen-bond acceptors (Lipinski definition) is 13. The number of benzene rings is 4. The molecule has 1 unspecified atom stereocenters. The number of rotatable bonds is 37. The molecule has 1 atom stereocenters. The van der Waals surface area contributed by atoms with E-state index in [0.717, 1.165) is 112 Å². The second-order valence-electron chi connectivity index (χ2n) is 20.4. The molecule has 0 aliphatic heterocycles. The summed E-state index contributed by atoms with van der Waals surface area (Å²) >= 11 is 0. The predicted octanol–water partition coefficient (Wildman–Crippen LogP) is 15.9. The summed E-state index contributed by atoms with van der Waals surface area (Å²) in [5.41, 5.74) is 3.20. The number of nitriles is 1. The second-order valence-corrected chi connectivity index (χ2v) is 20.4. The maximum atomic E-state index is 13.3. The van der Waals surface area contributed by atoms with Gasteiger partial charge in [-0.3, -0.25) is 9.59 Å². The molecule has 76 heavy (non-hydrogen) atoms. The highest BCUT2D eigenvalue weighted by Gasteiger charge is 2.43. The summed E-state index contributed by atoms with van der Waals surface area (Å²) in [4.78, 5) is 51.0. The second kappa shape index (κ2) is 34.7. The number of azo groups is 1. The molecule has 0 amide bonds. The highest BCUT2D eigenvalue weighted by molar-refractivity contribution is 5.91. The fraction of sp³-hybridized carbons (Fsp3) is 0.508. The predicted molar refractivity (Wildman–Crippen MR) is 298 cm³/mol. The van der Waals surface area contributed by atoms with Crippen LogP contribution in [0.4, 0.5) is 11.4 Å². The van der Waals surface area contributed by atoms with E-state index in [2.05, 4.69) is 29.3 Å². The van der Waals surface area contributed by atoms with Gasteiger partial charge in [0.25, 0.3) is 0 Å². The van der Waals surface area contributed by atoms with E-state index in [9.17, 15) is 19.2 Å². The third-order valence-corrected chi connectivity index (χ3v) is 13.2. The maximum absolute atomic E-state index is 13.3. The van der Waals surface area contributed by atoms with Gasteiger partial charge in [0.05, 0.1) is 66.7 Å². The maximum Gasteiger partial charge on any atom is 0.343 e. The Labute approximate surface area is 452 Å². The Kier molecular flexibility index (Phi) is 28.2. The van der Waals surface area contributed by atoms with Crippen LogP contribution in [-0.2, 0) is 35.0 Å². The minimum atomic E-state index is -0.827. The van der Waals surface area contributed by atoms with E-state index in [1.54, 1.807) is 48.5 Å². The smallest absolute Gasteiger partial charge is 0.343 e. The van der Waals surface area contributed by atoms with Crippen LogP contribution in [-0.4, -0.2) is 56.9 Å². The van der Waals surface area contributed by atoms with Gasteiger partial charge in [-0.05, 0) is 187 Å². The van der Waals surface area contributed by atoms with Crippen molar-refractivity contribution in [1.82, 2.24) is 0 Å². The lowest BCUT2D eigenvalue weighted by Crippen LogP contribution is -2.38. The molecule has 0 aliphatic rings. The molecule has 4 aromatic rings. The van der Waals surface area contributed by atoms with E-state index in [1.807, 2.05) is 77.1 Å². The molecule has 4 aromatic carbocycles. The quantitative estimate of drug-likeness (QED) is 0.0105. The Morgan fingerprint density at radius 1 is 0.592 bits per heavy atom. The SMILES string of the molecule is CCCCCc1ccc(N=Nc2ccc(OCCCCCCOC(=O)C(C)(CC)CC(C)(C)C(=O)OCCCCCCCCCCOc3ccc(C(=O)Oc4ccc(/C=C/C(=O)OCCC#N)cc4C)cc3)cc2)cc1. The Hall–Kier alpha value is -6.81. The van der Waals surface area contributed by atoms with Crippen molar-refractivity contribution in [3.05, 3.63) is 119 Å². The average Bonchev–Trinajstić information content (AvgIpc) is 3.42. The minimum Gasteiger partial charge on any atom is -0.494 e. The first-order valence-electron chi connectivity index (χ1n) is 27.6. The first kappa shape index (κ1) is 61.7. The highest BCUT2D eigenvalue weighted by Crippen LogP contribution is 2.39. The van der Waals surface area contributed by atoms with Crippen LogP contribution in [0.1, 0.15) is 177 Å². The monoisotopic (exact) mass is 1040 g/mol. The molecule has 0 fully saturated rings. The summed E-state index contributed by atoms with van der Waals surface area (Å²) in [7, 11) is 0. The van der Waals surface area contributed by atoms with Crippen LogP contribution >= 0.6 is 0 Å². The number of carbonyl (C=O) groups is 4. The number of hydrogen-bond donors (Lipinski definition) is 0. The van der Waals surface area contributed by atoms with Crippen LogP contribution < -0.4 is 14.2 Å². The Balaban J connectivity index is 0.979. The van der Waals surface area contributed by atoms with E-state index >= 15 is 0 Å². The molecule has 0 N–H and O–H groups in total.